The van der Waals surface area contributed by atoms with E-state index < -0.39 is 11.0 Å². The van der Waals surface area contributed by atoms with Crippen LogP contribution >= 0.6 is 34.8 Å². The van der Waals surface area contributed by atoms with Gasteiger partial charge in [-0.25, -0.2) is 0 Å². The summed E-state index contributed by atoms with van der Waals surface area (Å²) in [5, 5.41) is 6.25. The Morgan fingerprint density at radius 3 is 2.32 bits per heavy atom. The summed E-state index contributed by atoms with van der Waals surface area (Å²) >= 11 is 18.0. The van der Waals surface area contributed by atoms with Gasteiger partial charge in [0.15, 0.2) is 0 Å². The van der Waals surface area contributed by atoms with Gasteiger partial charge in [0.25, 0.3) is 0 Å². The van der Waals surface area contributed by atoms with E-state index in [4.69, 9.17) is 34.8 Å². The maximum absolute atomic E-state index is 11.2. The van der Waals surface area contributed by atoms with Crippen LogP contribution in [-0.4, -0.2) is 10.2 Å². The van der Waals surface area contributed by atoms with Crippen molar-refractivity contribution in [3.63, 3.8) is 0 Å². The number of aromatic amines is 2. The van der Waals surface area contributed by atoms with Crippen molar-refractivity contribution in [2.45, 2.75) is 12.8 Å². The van der Waals surface area contributed by atoms with E-state index in [1.165, 1.54) is 6.07 Å². The lowest BCUT2D eigenvalue weighted by atomic mass is 10.1. The number of halogens is 3. The number of aryl methyl sites for hydroxylation is 1. The molecule has 2 rings (SSSR count). The normalized spacial score (nSPS) is 10.7. The third-order valence-corrected chi connectivity index (χ3v) is 3.85. The van der Waals surface area contributed by atoms with E-state index in [1.807, 2.05) is 0 Å². The van der Waals surface area contributed by atoms with Gasteiger partial charge in [-0.05, 0) is 30.5 Å². The van der Waals surface area contributed by atoms with Crippen LogP contribution in [0.5, 0.6) is 0 Å². The monoisotopic (exact) mass is 318 g/mol. The Kier molecular flexibility index (Phi) is 4.34. The van der Waals surface area contributed by atoms with Crippen molar-refractivity contribution >= 4 is 34.8 Å². The van der Waals surface area contributed by atoms with Gasteiger partial charge in [0.05, 0.1) is 10.0 Å². The van der Waals surface area contributed by atoms with Crippen LogP contribution < -0.4 is 11.0 Å². The summed E-state index contributed by atoms with van der Waals surface area (Å²) in [5.41, 5.74) is 0.0409. The Bertz CT molecular complexity index is 722. The third kappa shape index (κ3) is 3.21. The number of H-pyrrole nitrogens is 2. The molecule has 0 fully saturated rings. The fourth-order valence-corrected chi connectivity index (χ4v) is 2.39. The molecule has 0 aliphatic carbocycles. The average molecular weight is 320 g/mol. The van der Waals surface area contributed by atoms with E-state index >= 15 is 0 Å². The van der Waals surface area contributed by atoms with E-state index in [2.05, 4.69) is 10.2 Å². The van der Waals surface area contributed by atoms with Gasteiger partial charge >= 0.3 is 5.56 Å². The van der Waals surface area contributed by atoms with Crippen LogP contribution in [0.3, 0.4) is 0 Å². The standard InChI is InChI=1S/C12H9Cl3N2O2/c13-8-3-4-9(14)11(15)7(8)2-1-6-5-10(18)12(19)17-16-6/h3-5H,1-2H2,(H,16,18)(H,17,19). The highest BCUT2D eigenvalue weighted by Gasteiger charge is 2.10. The Hall–Kier alpha value is -1.23. The molecule has 0 spiro atoms. The predicted octanol–water partition coefficient (Wildman–Crippen LogP) is 2.81. The van der Waals surface area contributed by atoms with Gasteiger partial charge in [0.1, 0.15) is 0 Å². The molecule has 0 atom stereocenters. The van der Waals surface area contributed by atoms with Crippen molar-refractivity contribution in [2.24, 2.45) is 0 Å². The topological polar surface area (TPSA) is 65.7 Å². The van der Waals surface area contributed by atoms with Gasteiger partial charge in [-0.2, -0.15) is 0 Å². The smallest absolute Gasteiger partial charge is 0.302 e. The second-order valence-corrected chi connectivity index (χ2v) is 5.13. The Balaban J connectivity index is 2.23. The van der Waals surface area contributed by atoms with Gasteiger partial charge in [-0.15, -0.1) is 0 Å². The van der Waals surface area contributed by atoms with Gasteiger partial charge in [0.2, 0.25) is 5.43 Å². The zero-order valence-corrected chi connectivity index (χ0v) is 11.9. The number of hydrogen-bond acceptors (Lipinski definition) is 2. The number of rotatable bonds is 3. The molecular weight excluding hydrogens is 311 g/mol. The number of benzene rings is 1. The number of aromatic nitrogens is 2. The molecule has 0 radical (unpaired) electrons. The van der Waals surface area contributed by atoms with Crippen molar-refractivity contribution in [3.8, 4) is 0 Å². The van der Waals surface area contributed by atoms with Gasteiger partial charge < -0.3 is 5.10 Å². The fraction of sp³-hybridized carbons (Fsp3) is 0.167. The molecule has 100 valence electrons. The van der Waals surface area contributed by atoms with Crippen LogP contribution in [0.25, 0.3) is 0 Å². The highest BCUT2D eigenvalue weighted by Crippen LogP contribution is 2.32. The Labute approximate surface area is 123 Å². The van der Waals surface area contributed by atoms with Crippen molar-refractivity contribution < 1.29 is 0 Å². The van der Waals surface area contributed by atoms with Crippen molar-refractivity contribution in [1.82, 2.24) is 10.2 Å². The highest BCUT2D eigenvalue weighted by molar-refractivity contribution is 6.44. The third-order valence-electron chi connectivity index (χ3n) is 2.65. The summed E-state index contributed by atoms with van der Waals surface area (Å²) in [7, 11) is 0. The minimum atomic E-state index is -0.678. The minimum Gasteiger partial charge on any atom is -0.302 e. The predicted molar refractivity (Wildman–Crippen MR) is 76.6 cm³/mol. The first-order chi connectivity index (χ1) is 8.99. The molecule has 4 nitrogen and oxygen atoms in total. The van der Waals surface area contributed by atoms with Crippen molar-refractivity contribution in [3.05, 3.63) is 65.1 Å². The largest absolute Gasteiger partial charge is 0.310 e. The molecule has 1 aromatic carbocycles. The maximum Gasteiger partial charge on any atom is 0.310 e. The quantitative estimate of drug-likeness (QED) is 0.675. The average Bonchev–Trinajstić information content (AvgIpc) is 2.38. The fourth-order valence-electron chi connectivity index (χ4n) is 1.65. The summed E-state index contributed by atoms with van der Waals surface area (Å²) in [4.78, 5) is 22.1. The van der Waals surface area contributed by atoms with Crippen LogP contribution in [-0.2, 0) is 12.8 Å². The summed E-state index contributed by atoms with van der Waals surface area (Å²) < 4.78 is 0. The van der Waals surface area contributed by atoms with Crippen LogP contribution in [0.1, 0.15) is 11.3 Å². The lowest BCUT2D eigenvalue weighted by Crippen LogP contribution is -2.27. The van der Waals surface area contributed by atoms with Crippen LogP contribution in [0.2, 0.25) is 15.1 Å². The Morgan fingerprint density at radius 1 is 0.947 bits per heavy atom. The molecule has 7 heteroatoms. The molecule has 2 aromatic rings. The van der Waals surface area contributed by atoms with Crippen molar-refractivity contribution in [1.29, 1.82) is 0 Å². The molecule has 0 saturated heterocycles. The van der Waals surface area contributed by atoms with Gasteiger partial charge in [-0.3, -0.25) is 14.7 Å². The number of nitrogens with one attached hydrogen (secondary N) is 2. The molecule has 0 amide bonds. The van der Waals surface area contributed by atoms with E-state index in [-0.39, 0.29) is 0 Å². The first-order valence-electron chi connectivity index (χ1n) is 5.42. The first kappa shape index (κ1) is 14.2. The zero-order valence-electron chi connectivity index (χ0n) is 9.60. The second-order valence-electron chi connectivity index (χ2n) is 3.93. The lowest BCUT2D eigenvalue weighted by molar-refractivity contribution is 0.838. The van der Waals surface area contributed by atoms with Gasteiger partial charge in [-0.1, -0.05) is 34.8 Å². The van der Waals surface area contributed by atoms with E-state index in [1.54, 1.807) is 12.1 Å². The zero-order chi connectivity index (χ0) is 14.0. The van der Waals surface area contributed by atoms with Crippen LogP contribution in [0, 0.1) is 0 Å². The highest BCUT2D eigenvalue weighted by atomic mass is 35.5. The van der Waals surface area contributed by atoms with Crippen LogP contribution in [0.15, 0.2) is 27.8 Å². The maximum atomic E-state index is 11.2. The SMILES string of the molecule is O=c1cc(CCc2c(Cl)ccc(Cl)c2Cl)[nH][nH]c1=O. The molecule has 0 saturated carbocycles. The lowest BCUT2D eigenvalue weighted by Gasteiger charge is -2.08. The molecule has 1 aromatic heterocycles. The molecule has 19 heavy (non-hydrogen) atoms. The van der Waals surface area contributed by atoms with E-state index in [0.717, 1.165) is 0 Å². The van der Waals surface area contributed by atoms with E-state index in [9.17, 15) is 9.59 Å². The second kappa shape index (κ2) is 5.82. The minimum absolute atomic E-state index is 0.404. The summed E-state index contributed by atoms with van der Waals surface area (Å²) in [6.45, 7) is 0. The molecule has 0 aliphatic heterocycles. The van der Waals surface area contributed by atoms with E-state index in [0.29, 0.717) is 39.2 Å². The Morgan fingerprint density at radius 2 is 1.63 bits per heavy atom. The summed E-state index contributed by atoms with van der Waals surface area (Å²) in [5.74, 6) is 0. The number of hydrogen-bond donors (Lipinski definition) is 2. The molecule has 2 N–H and O–H groups in total. The molecular formula is C12H9Cl3N2O2. The molecule has 0 unspecified atom stereocenters. The van der Waals surface area contributed by atoms with Crippen molar-refractivity contribution in [2.75, 3.05) is 0 Å². The van der Waals surface area contributed by atoms with Gasteiger partial charge in [0, 0.05) is 16.8 Å². The molecule has 0 aliphatic rings. The summed E-state index contributed by atoms with van der Waals surface area (Å²) in [6, 6.07) is 4.55. The van der Waals surface area contributed by atoms with Crippen LogP contribution in [0.4, 0.5) is 0 Å². The molecule has 1 heterocycles. The first-order valence-corrected chi connectivity index (χ1v) is 6.55. The summed E-state index contributed by atoms with van der Waals surface area (Å²) in [6.07, 6.45) is 0.978. The molecule has 0 bridgehead atoms.